The van der Waals surface area contributed by atoms with Gasteiger partial charge >= 0.3 is 0 Å². The molecule has 3 atom stereocenters. The van der Waals surface area contributed by atoms with Crippen LogP contribution in [0.15, 0.2) is 0 Å². The molecule has 3 heterocycles. The van der Waals surface area contributed by atoms with Gasteiger partial charge in [-0.2, -0.15) is 0 Å². The van der Waals surface area contributed by atoms with E-state index in [1.54, 1.807) is 0 Å². The maximum atomic E-state index is 5.74. The minimum atomic E-state index is 0.382. The minimum absolute atomic E-state index is 0.382. The molecular weight excluding hydrogens is 240 g/mol. The Morgan fingerprint density at radius 2 is 1.95 bits per heavy atom. The molecule has 0 aromatic carbocycles. The molecular formula is C15H28N2O2. The zero-order valence-corrected chi connectivity index (χ0v) is 12.1. The average Bonchev–Trinajstić information content (AvgIpc) is 2.78. The molecule has 3 unspecified atom stereocenters. The summed E-state index contributed by atoms with van der Waals surface area (Å²) in [5.74, 6) is 0. The first-order chi connectivity index (χ1) is 9.35. The molecule has 0 aromatic rings. The van der Waals surface area contributed by atoms with E-state index >= 15 is 0 Å². The monoisotopic (exact) mass is 268 g/mol. The zero-order chi connectivity index (χ0) is 13.1. The lowest BCUT2D eigenvalue weighted by molar-refractivity contribution is -0.147. The van der Waals surface area contributed by atoms with Crippen LogP contribution in [0.2, 0.25) is 0 Å². The topological polar surface area (TPSA) is 33.7 Å². The van der Waals surface area contributed by atoms with E-state index in [0.717, 1.165) is 37.7 Å². The van der Waals surface area contributed by atoms with Crippen LogP contribution in [0.3, 0.4) is 0 Å². The van der Waals surface area contributed by atoms with Crippen molar-refractivity contribution in [2.24, 2.45) is 0 Å². The quantitative estimate of drug-likeness (QED) is 0.823. The van der Waals surface area contributed by atoms with Crippen LogP contribution in [-0.4, -0.2) is 55.6 Å². The molecule has 3 fully saturated rings. The first-order valence-electron chi connectivity index (χ1n) is 8.04. The Morgan fingerprint density at radius 1 is 1.16 bits per heavy atom. The second kappa shape index (κ2) is 6.53. The van der Waals surface area contributed by atoms with Crippen molar-refractivity contribution in [3.8, 4) is 0 Å². The first kappa shape index (κ1) is 13.8. The molecule has 0 radical (unpaired) electrons. The Kier molecular flexibility index (Phi) is 4.74. The van der Waals surface area contributed by atoms with Crippen LogP contribution in [0.4, 0.5) is 0 Å². The average molecular weight is 268 g/mol. The molecule has 0 aromatic heterocycles. The third-order valence-electron chi connectivity index (χ3n) is 4.88. The van der Waals surface area contributed by atoms with Crippen LogP contribution < -0.4 is 5.32 Å². The molecule has 0 spiro atoms. The third-order valence-corrected chi connectivity index (χ3v) is 4.88. The Morgan fingerprint density at radius 3 is 2.58 bits per heavy atom. The summed E-state index contributed by atoms with van der Waals surface area (Å²) in [5.41, 5.74) is 0. The van der Waals surface area contributed by atoms with Crippen LogP contribution in [0, 0.1) is 0 Å². The molecule has 3 rings (SSSR count). The lowest BCUT2D eigenvalue weighted by Gasteiger charge is -2.39. The number of fused-ring (bicyclic) bond motifs is 2. The van der Waals surface area contributed by atoms with E-state index < -0.39 is 0 Å². The van der Waals surface area contributed by atoms with Crippen LogP contribution in [0.5, 0.6) is 0 Å². The van der Waals surface area contributed by atoms with Crippen molar-refractivity contribution < 1.29 is 9.47 Å². The van der Waals surface area contributed by atoms with Crippen LogP contribution >= 0.6 is 0 Å². The van der Waals surface area contributed by atoms with Crippen molar-refractivity contribution >= 4 is 0 Å². The maximum Gasteiger partial charge on any atom is 0.147 e. The molecule has 19 heavy (non-hydrogen) atoms. The maximum absolute atomic E-state index is 5.74. The van der Waals surface area contributed by atoms with Gasteiger partial charge in [0.1, 0.15) is 6.79 Å². The lowest BCUT2D eigenvalue weighted by Crippen LogP contribution is -2.51. The fraction of sp³-hybridized carbons (Fsp3) is 1.00. The summed E-state index contributed by atoms with van der Waals surface area (Å²) in [7, 11) is 0. The Labute approximate surface area is 116 Å². The number of hydrogen-bond acceptors (Lipinski definition) is 4. The van der Waals surface area contributed by atoms with Gasteiger partial charge in [-0.15, -0.1) is 0 Å². The van der Waals surface area contributed by atoms with E-state index in [1.807, 2.05) is 0 Å². The predicted octanol–water partition coefficient (Wildman–Crippen LogP) is 1.74. The van der Waals surface area contributed by atoms with Gasteiger partial charge in [0.05, 0.1) is 12.7 Å². The number of rotatable bonds is 5. The minimum Gasteiger partial charge on any atom is -0.355 e. The van der Waals surface area contributed by atoms with Gasteiger partial charge in [0.25, 0.3) is 0 Å². The van der Waals surface area contributed by atoms with E-state index in [-0.39, 0.29) is 0 Å². The molecule has 0 saturated carbocycles. The van der Waals surface area contributed by atoms with Gasteiger partial charge in [0.2, 0.25) is 0 Å². The Hall–Kier alpha value is -0.160. The van der Waals surface area contributed by atoms with E-state index in [2.05, 4.69) is 17.1 Å². The second-order valence-electron chi connectivity index (χ2n) is 6.36. The summed E-state index contributed by atoms with van der Waals surface area (Å²) in [6.45, 7) is 5.95. The fourth-order valence-electron chi connectivity index (χ4n) is 3.94. The van der Waals surface area contributed by atoms with Crippen LogP contribution in [0.25, 0.3) is 0 Å². The summed E-state index contributed by atoms with van der Waals surface area (Å²) in [5, 5.41) is 3.74. The van der Waals surface area contributed by atoms with Gasteiger partial charge in [0.15, 0.2) is 0 Å². The molecule has 3 aliphatic rings. The number of hydrogen-bond donors (Lipinski definition) is 1. The Bertz CT molecular complexity index is 269. The number of ether oxygens (including phenoxy) is 2. The third kappa shape index (κ3) is 3.48. The molecule has 4 nitrogen and oxygen atoms in total. The second-order valence-corrected chi connectivity index (χ2v) is 6.36. The predicted molar refractivity (Wildman–Crippen MR) is 75.1 cm³/mol. The number of nitrogens with zero attached hydrogens (tertiary/aromatic N) is 1. The molecule has 110 valence electrons. The van der Waals surface area contributed by atoms with E-state index in [9.17, 15) is 0 Å². The SMILES string of the molecule is CCCN(CC1CCOCO1)C1CC2CCC(C1)N2. The van der Waals surface area contributed by atoms with Gasteiger partial charge in [-0.25, -0.2) is 0 Å². The molecule has 0 amide bonds. The highest BCUT2D eigenvalue weighted by Gasteiger charge is 2.36. The lowest BCUT2D eigenvalue weighted by atomic mass is 9.97. The van der Waals surface area contributed by atoms with E-state index in [1.165, 1.54) is 38.6 Å². The highest BCUT2D eigenvalue weighted by molar-refractivity contribution is 4.96. The Balaban J connectivity index is 1.56. The van der Waals surface area contributed by atoms with Crippen molar-refractivity contribution in [2.75, 3.05) is 26.5 Å². The van der Waals surface area contributed by atoms with Crippen molar-refractivity contribution in [3.63, 3.8) is 0 Å². The van der Waals surface area contributed by atoms with Crippen LogP contribution in [0.1, 0.15) is 45.4 Å². The first-order valence-corrected chi connectivity index (χ1v) is 8.04. The summed E-state index contributed by atoms with van der Waals surface area (Å²) in [4.78, 5) is 2.70. The smallest absolute Gasteiger partial charge is 0.147 e. The van der Waals surface area contributed by atoms with Gasteiger partial charge in [-0.1, -0.05) is 6.92 Å². The summed E-state index contributed by atoms with van der Waals surface area (Å²) in [6.07, 6.45) is 8.11. The van der Waals surface area contributed by atoms with Crippen molar-refractivity contribution in [2.45, 2.75) is 69.7 Å². The standard InChI is InChI=1S/C15H28N2O2/c1-2-6-17(10-15-5-7-18-11-19-15)14-8-12-3-4-13(9-14)16-12/h12-16H,2-11H2,1H3. The van der Waals surface area contributed by atoms with Gasteiger partial charge in [-0.05, 0) is 45.1 Å². The summed E-state index contributed by atoms with van der Waals surface area (Å²) < 4.78 is 11.0. The van der Waals surface area contributed by atoms with Gasteiger partial charge in [-0.3, -0.25) is 4.90 Å². The molecule has 2 bridgehead atoms. The summed E-state index contributed by atoms with van der Waals surface area (Å²) in [6, 6.07) is 2.32. The largest absolute Gasteiger partial charge is 0.355 e. The number of nitrogens with one attached hydrogen (secondary N) is 1. The summed E-state index contributed by atoms with van der Waals surface area (Å²) >= 11 is 0. The normalized spacial score (nSPS) is 38.8. The molecule has 0 aliphatic carbocycles. The van der Waals surface area contributed by atoms with Crippen molar-refractivity contribution in [1.82, 2.24) is 10.2 Å². The highest BCUT2D eigenvalue weighted by atomic mass is 16.7. The highest BCUT2D eigenvalue weighted by Crippen LogP contribution is 2.30. The molecule has 4 heteroatoms. The fourth-order valence-corrected chi connectivity index (χ4v) is 3.94. The zero-order valence-electron chi connectivity index (χ0n) is 12.1. The molecule has 3 aliphatic heterocycles. The van der Waals surface area contributed by atoms with E-state index in [4.69, 9.17) is 9.47 Å². The number of piperidine rings is 1. The molecule has 1 N–H and O–H groups in total. The van der Waals surface area contributed by atoms with Crippen molar-refractivity contribution in [1.29, 1.82) is 0 Å². The van der Waals surface area contributed by atoms with E-state index in [0.29, 0.717) is 12.9 Å². The van der Waals surface area contributed by atoms with Crippen molar-refractivity contribution in [3.05, 3.63) is 0 Å². The van der Waals surface area contributed by atoms with Gasteiger partial charge < -0.3 is 14.8 Å². The van der Waals surface area contributed by atoms with Gasteiger partial charge in [0, 0.05) is 24.7 Å². The molecule has 3 saturated heterocycles. The van der Waals surface area contributed by atoms with Crippen LogP contribution in [-0.2, 0) is 9.47 Å².